The highest BCUT2D eigenvalue weighted by Crippen LogP contribution is 2.30. The Morgan fingerprint density at radius 3 is 2.84 bits per heavy atom. The van der Waals surface area contributed by atoms with Crippen LogP contribution in [0.2, 0.25) is 5.02 Å². The summed E-state index contributed by atoms with van der Waals surface area (Å²) in [5, 5.41) is 3.94. The number of hydrogen-bond donors (Lipinski definition) is 1. The number of carbonyl (C=O) groups is 1. The first kappa shape index (κ1) is 14.6. The largest absolute Gasteiger partial charge is 0.467 e. The van der Waals surface area contributed by atoms with Crippen LogP contribution < -0.4 is 5.32 Å². The van der Waals surface area contributed by atoms with Gasteiger partial charge in [-0.2, -0.15) is 0 Å². The molecule has 1 aliphatic rings. The Balaban J connectivity index is 2.26. The van der Waals surface area contributed by atoms with Crippen LogP contribution in [0.15, 0.2) is 22.7 Å². The maximum atomic E-state index is 12.1. The lowest BCUT2D eigenvalue weighted by atomic mass is 9.98. The van der Waals surface area contributed by atoms with Crippen LogP contribution >= 0.6 is 27.5 Å². The summed E-state index contributed by atoms with van der Waals surface area (Å²) in [6, 6.07) is 5.51. The third-order valence-corrected chi connectivity index (χ3v) is 4.55. The van der Waals surface area contributed by atoms with Crippen molar-refractivity contribution in [3.05, 3.63) is 27.7 Å². The molecule has 2 rings (SSSR count). The van der Waals surface area contributed by atoms with Gasteiger partial charge in [0.25, 0.3) is 0 Å². The van der Waals surface area contributed by atoms with E-state index in [-0.39, 0.29) is 5.97 Å². The van der Waals surface area contributed by atoms with Gasteiger partial charge in [-0.1, -0.05) is 11.6 Å². The molecule has 1 saturated heterocycles. The number of benzene rings is 1. The van der Waals surface area contributed by atoms with Crippen LogP contribution in [0.25, 0.3) is 0 Å². The molecule has 4 nitrogen and oxygen atoms in total. The molecule has 0 bridgehead atoms. The Morgan fingerprint density at radius 2 is 2.32 bits per heavy atom. The van der Waals surface area contributed by atoms with Crippen molar-refractivity contribution < 1.29 is 9.53 Å². The minimum absolute atomic E-state index is 0.233. The molecule has 0 spiro atoms. The highest BCUT2D eigenvalue weighted by Gasteiger charge is 2.44. The highest BCUT2D eigenvalue weighted by molar-refractivity contribution is 9.10. The zero-order valence-corrected chi connectivity index (χ0v) is 13.2. The molecule has 0 radical (unpaired) electrons. The quantitative estimate of drug-likeness (QED) is 0.854. The number of nitrogens with zero attached hydrogens (tertiary/aromatic N) is 1. The van der Waals surface area contributed by atoms with Crippen molar-refractivity contribution in [1.82, 2.24) is 4.90 Å². The summed E-state index contributed by atoms with van der Waals surface area (Å²) in [5.74, 6) is -0.233. The van der Waals surface area contributed by atoms with E-state index in [2.05, 4.69) is 26.1 Å². The zero-order valence-electron chi connectivity index (χ0n) is 10.9. The Labute approximate surface area is 126 Å². The standard InChI is InChI=1S/C13H16BrClN2O2/c1-17-6-5-13(8-17,12(18)19-2)16-9-3-4-11(15)10(14)7-9/h3-4,7,16H,5-6,8H2,1-2H3. The fourth-order valence-corrected chi connectivity index (χ4v) is 2.86. The first-order chi connectivity index (χ1) is 8.97. The van der Waals surface area contributed by atoms with Crippen LogP contribution in [0.5, 0.6) is 0 Å². The lowest BCUT2D eigenvalue weighted by Crippen LogP contribution is -2.49. The Hall–Kier alpha value is -0.780. The van der Waals surface area contributed by atoms with Crippen LogP contribution in [-0.2, 0) is 9.53 Å². The number of methoxy groups -OCH3 is 1. The molecule has 104 valence electrons. The molecule has 0 saturated carbocycles. The first-order valence-electron chi connectivity index (χ1n) is 5.97. The molecule has 1 heterocycles. The predicted molar refractivity (Wildman–Crippen MR) is 79.6 cm³/mol. The number of hydrogen-bond acceptors (Lipinski definition) is 4. The van der Waals surface area contributed by atoms with Crippen LogP contribution in [0.4, 0.5) is 5.69 Å². The zero-order chi connectivity index (χ0) is 14.0. The van der Waals surface area contributed by atoms with E-state index >= 15 is 0 Å². The number of esters is 1. The van der Waals surface area contributed by atoms with Crippen LogP contribution in [-0.4, -0.2) is 43.7 Å². The van der Waals surface area contributed by atoms with Crippen molar-refractivity contribution in [1.29, 1.82) is 0 Å². The summed E-state index contributed by atoms with van der Waals surface area (Å²) in [4.78, 5) is 14.2. The lowest BCUT2D eigenvalue weighted by Gasteiger charge is -2.28. The van der Waals surface area contributed by atoms with Crippen LogP contribution in [0.3, 0.4) is 0 Å². The molecular weight excluding hydrogens is 332 g/mol. The maximum Gasteiger partial charge on any atom is 0.332 e. The molecule has 19 heavy (non-hydrogen) atoms. The van der Waals surface area contributed by atoms with Gasteiger partial charge in [0.2, 0.25) is 0 Å². The van der Waals surface area contributed by atoms with E-state index in [9.17, 15) is 4.79 Å². The summed E-state index contributed by atoms with van der Waals surface area (Å²) in [6.45, 7) is 1.48. The lowest BCUT2D eigenvalue weighted by molar-refractivity contribution is -0.145. The topological polar surface area (TPSA) is 41.6 Å². The molecule has 0 aliphatic carbocycles. The second-order valence-corrected chi connectivity index (χ2v) is 6.08. The van der Waals surface area contributed by atoms with Crippen molar-refractivity contribution in [3.8, 4) is 0 Å². The Morgan fingerprint density at radius 1 is 1.58 bits per heavy atom. The second kappa shape index (κ2) is 5.69. The minimum Gasteiger partial charge on any atom is -0.467 e. The summed E-state index contributed by atoms with van der Waals surface area (Å²) in [6.07, 6.45) is 0.719. The summed E-state index contributed by atoms with van der Waals surface area (Å²) >= 11 is 9.35. The smallest absolute Gasteiger partial charge is 0.332 e. The number of likely N-dealkylation sites (tertiary alicyclic amines) is 1. The van der Waals surface area contributed by atoms with Crippen LogP contribution in [0, 0.1) is 0 Å². The number of ether oxygens (including phenoxy) is 1. The van der Waals surface area contributed by atoms with E-state index in [0.29, 0.717) is 11.6 Å². The summed E-state index contributed by atoms with van der Waals surface area (Å²) < 4.78 is 5.74. The number of nitrogens with one attached hydrogen (secondary N) is 1. The van der Waals surface area contributed by atoms with Gasteiger partial charge in [-0.3, -0.25) is 0 Å². The number of halogens is 2. The first-order valence-corrected chi connectivity index (χ1v) is 7.14. The molecular formula is C13H16BrClN2O2. The Bertz CT molecular complexity index is 498. The third-order valence-electron chi connectivity index (χ3n) is 3.34. The van der Waals surface area contributed by atoms with Crippen LogP contribution in [0.1, 0.15) is 6.42 Å². The van der Waals surface area contributed by atoms with Gasteiger partial charge in [-0.25, -0.2) is 4.79 Å². The number of anilines is 1. The molecule has 1 fully saturated rings. The molecule has 1 aromatic rings. The monoisotopic (exact) mass is 346 g/mol. The second-order valence-electron chi connectivity index (χ2n) is 4.82. The Kier molecular flexibility index (Phi) is 4.38. The summed E-state index contributed by atoms with van der Waals surface area (Å²) in [7, 11) is 3.41. The summed E-state index contributed by atoms with van der Waals surface area (Å²) in [5.41, 5.74) is 0.161. The van der Waals surface area contributed by atoms with Crippen molar-refractivity contribution in [3.63, 3.8) is 0 Å². The fraction of sp³-hybridized carbons (Fsp3) is 0.462. The molecule has 1 aliphatic heterocycles. The van der Waals surface area contributed by atoms with Gasteiger partial charge in [0, 0.05) is 23.2 Å². The highest BCUT2D eigenvalue weighted by atomic mass is 79.9. The fourth-order valence-electron chi connectivity index (χ4n) is 2.37. The van der Waals surface area contributed by atoms with Gasteiger partial charge in [0.05, 0.1) is 12.1 Å². The van der Waals surface area contributed by atoms with Crippen molar-refractivity contribution >= 4 is 39.2 Å². The van der Waals surface area contributed by atoms with E-state index < -0.39 is 5.54 Å². The van der Waals surface area contributed by atoms with Gasteiger partial charge in [-0.15, -0.1) is 0 Å². The normalized spacial score (nSPS) is 23.4. The minimum atomic E-state index is -0.684. The van der Waals surface area contributed by atoms with E-state index in [4.69, 9.17) is 16.3 Å². The van der Waals surface area contributed by atoms with Gasteiger partial charge in [0.15, 0.2) is 0 Å². The molecule has 6 heteroatoms. The molecule has 0 amide bonds. The molecule has 0 aromatic heterocycles. The van der Waals surface area contributed by atoms with Gasteiger partial charge in [-0.05, 0) is 47.6 Å². The van der Waals surface area contributed by atoms with Gasteiger partial charge >= 0.3 is 5.97 Å². The number of rotatable bonds is 3. The number of likely N-dealkylation sites (N-methyl/N-ethyl adjacent to an activating group) is 1. The van der Waals surface area contributed by atoms with Crippen molar-refractivity contribution in [2.45, 2.75) is 12.0 Å². The third kappa shape index (κ3) is 3.04. The van der Waals surface area contributed by atoms with E-state index in [1.165, 1.54) is 7.11 Å². The van der Waals surface area contributed by atoms with Gasteiger partial charge < -0.3 is 15.0 Å². The van der Waals surface area contributed by atoms with Crippen molar-refractivity contribution in [2.75, 3.05) is 32.6 Å². The van der Waals surface area contributed by atoms with E-state index in [0.717, 1.165) is 23.1 Å². The molecule has 1 unspecified atom stereocenters. The molecule has 1 N–H and O–H groups in total. The average Bonchev–Trinajstić information content (AvgIpc) is 2.75. The maximum absolute atomic E-state index is 12.1. The average molecular weight is 348 g/mol. The van der Waals surface area contributed by atoms with E-state index in [1.807, 2.05) is 19.2 Å². The van der Waals surface area contributed by atoms with Crippen molar-refractivity contribution in [2.24, 2.45) is 0 Å². The molecule has 1 aromatic carbocycles. The molecule has 1 atom stereocenters. The SMILES string of the molecule is COC(=O)C1(Nc2ccc(Cl)c(Br)c2)CCN(C)C1. The van der Waals surface area contributed by atoms with Gasteiger partial charge in [0.1, 0.15) is 5.54 Å². The number of carbonyl (C=O) groups excluding carboxylic acids is 1. The predicted octanol–water partition coefficient (Wildman–Crippen LogP) is 2.76. The van der Waals surface area contributed by atoms with E-state index in [1.54, 1.807) is 6.07 Å².